The molecule has 0 aliphatic rings. The lowest BCUT2D eigenvalue weighted by Gasteiger charge is -2.22. The van der Waals surface area contributed by atoms with Gasteiger partial charge in [-0.1, -0.05) is 0 Å². The second kappa shape index (κ2) is 8.34. The average molecular weight is 397 g/mol. The summed E-state index contributed by atoms with van der Waals surface area (Å²) in [5.41, 5.74) is 1.22. The zero-order valence-corrected chi connectivity index (χ0v) is 16.1. The fourth-order valence-electron chi connectivity index (χ4n) is 2.42. The Morgan fingerprint density at radius 3 is 2.22 bits per heavy atom. The summed E-state index contributed by atoms with van der Waals surface area (Å²) in [7, 11) is -0.0700. The third kappa shape index (κ3) is 5.65. The minimum atomic E-state index is -3.85. The summed E-state index contributed by atoms with van der Waals surface area (Å²) in [5.74, 6) is -2.26. The molecule has 9 heteroatoms. The van der Waals surface area contributed by atoms with Crippen LogP contribution >= 0.6 is 0 Å². The van der Waals surface area contributed by atoms with Gasteiger partial charge in [-0.15, -0.1) is 0 Å². The van der Waals surface area contributed by atoms with Crippen LogP contribution in [0.3, 0.4) is 0 Å². The topological polar surface area (TPSA) is 69.7 Å². The Morgan fingerprint density at radius 1 is 1.07 bits per heavy atom. The fraction of sp³-hybridized carbons (Fsp3) is 0.278. The van der Waals surface area contributed by atoms with E-state index in [1.54, 1.807) is 12.1 Å². The summed E-state index contributed by atoms with van der Waals surface area (Å²) in [6.07, 6.45) is 0.701. The molecule has 2 aromatic carbocycles. The first-order valence-electron chi connectivity index (χ1n) is 8.08. The molecule has 0 saturated heterocycles. The Kier molecular flexibility index (Phi) is 6.37. The van der Waals surface area contributed by atoms with Crippen molar-refractivity contribution in [3.8, 4) is 0 Å². The van der Waals surface area contributed by atoms with Crippen LogP contribution in [0.4, 0.5) is 25.8 Å². The number of nitrogens with one attached hydrogen (secondary N) is 1. The van der Waals surface area contributed by atoms with Crippen molar-refractivity contribution >= 4 is 33.0 Å². The lowest BCUT2D eigenvalue weighted by atomic mass is 10.2. The Balaban J connectivity index is 2.07. The van der Waals surface area contributed by atoms with Gasteiger partial charge in [0.15, 0.2) is 0 Å². The predicted octanol–water partition coefficient (Wildman–Crippen LogP) is 2.83. The highest BCUT2D eigenvalue weighted by molar-refractivity contribution is 7.92. The third-order valence-electron chi connectivity index (χ3n) is 3.79. The minimum absolute atomic E-state index is 0.195. The average Bonchev–Trinajstić information content (AvgIpc) is 2.56. The Morgan fingerprint density at radius 2 is 1.70 bits per heavy atom. The Labute approximate surface area is 157 Å². The van der Waals surface area contributed by atoms with Gasteiger partial charge >= 0.3 is 0 Å². The van der Waals surface area contributed by atoms with E-state index in [-0.39, 0.29) is 18.7 Å². The monoisotopic (exact) mass is 397 g/mol. The first-order valence-corrected chi connectivity index (χ1v) is 9.93. The van der Waals surface area contributed by atoms with Crippen molar-refractivity contribution in [2.24, 2.45) is 0 Å². The van der Waals surface area contributed by atoms with E-state index in [4.69, 9.17) is 0 Å². The van der Waals surface area contributed by atoms with Gasteiger partial charge in [0.1, 0.15) is 11.6 Å². The molecule has 0 atom stereocenters. The van der Waals surface area contributed by atoms with Crippen LogP contribution in [0.5, 0.6) is 0 Å². The van der Waals surface area contributed by atoms with Crippen molar-refractivity contribution in [3.63, 3.8) is 0 Å². The highest BCUT2D eigenvalue weighted by atomic mass is 32.2. The molecule has 1 N–H and O–H groups in total. The van der Waals surface area contributed by atoms with Crippen LogP contribution in [-0.2, 0) is 14.8 Å². The molecule has 146 valence electrons. The van der Waals surface area contributed by atoms with Crippen molar-refractivity contribution in [2.45, 2.75) is 6.42 Å². The van der Waals surface area contributed by atoms with Gasteiger partial charge in [-0.3, -0.25) is 9.10 Å². The molecule has 0 spiro atoms. The summed E-state index contributed by atoms with van der Waals surface area (Å²) in [6.45, 7) is -0.275. The summed E-state index contributed by atoms with van der Waals surface area (Å²) < 4.78 is 51.7. The predicted molar refractivity (Wildman–Crippen MR) is 103 cm³/mol. The molecule has 0 unspecified atom stereocenters. The van der Waals surface area contributed by atoms with Crippen LogP contribution in [0.1, 0.15) is 6.42 Å². The number of carbonyl (C=O) groups is 1. The van der Waals surface area contributed by atoms with E-state index in [9.17, 15) is 22.0 Å². The largest absolute Gasteiger partial charge is 0.378 e. The van der Waals surface area contributed by atoms with Crippen molar-refractivity contribution in [2.75, 3.05) is 41.4 Å². The third-order valence-corrected chi connectivity index (χ3v) is 4.97. The van der Waals surface area contributed by atoms with E-state index in [1.807, 2.05) is 31.1 Å². The summed E-state index contributed by atoms with van der Waals surface area (Å²) in [4.78, 5) is 14.0. The summed E-state index contributed by atoms with van der Waals surface area (Å²) in [5, 5.41) is 2.66. The normalized spacial score (nSPS) is 11.1. The van der Waals surface area contributed by atoms with E-state index < -0.39 is 27.6 Å². The lowest BCUT2D eigenvalue weighted by molar-refractivity contribution is -0.116. The number of benzene rings is 2. The van der Waals surface area contributed by atoms with Crippen molar-refractivity contribution in [1.29, 1.82) is 0 Å². The summed E-state index contributed by atoms with van der Waals surface area (Å²) in [6, 6.07) is 9.69. The van der Waals surface area contributed by atoms with Crippen molar-refractivity contribution < 1.29 is 22.0 Å². The van der Waals surface area contributed by atoms with Gasteiger partial charge in [0.25, 0.3) is 0 Å². The van der Waals surface area contributed by atoms with Crippen LogP contribution in [0, 0.1) is 11.6 Å². The SMILES string of the molecule is CN(C)c1ccc(NC(=O)CCN(c2ccc(F)cc2F)S(C)(=O)=O)cc1. The maximum absolute atomic E-state index is 14.0. The molecule has 0 radical (unpaired) electrons. The molecule has 0 aliphatic heterocycles. The van der Waals surface area contributed by atoms with Gasteiger partial charge in [-0.2, -0.15) is 0 Å². The molecule has 0 fully saturated rings. The highest BCUT2D eigenvalue weighted by Crippen LogP contribution is 2.23. The fourth-order valence-corrected chi connectivity index (χ4v) is 3.35. The smallest absolute Gasteiger partial charge is 0.232 e. The van der Waals surface area contributed by atoms with Gasteiger partial charge in [0.05, 0.1) is 11.9 Å². The zero-order valence-electron chi connectivity index (χ0n) is 15.2. The van der Waals surface area contributed by atoms with Crippen molar-refractivity contribution in [1.82, 2.24) is 0 Å². The van der Waals surface area contributed by atoms with Crippen molar-refractivity contribution in [3.05, 3.63) is 54.1 Å². The summed E-state index contributed by atoms with van der Waals surface area (Å²) >= 11 is 0. The number of carbonyl (C=O) groups excluding carboxylic acids is 1. The standard InChI is InChI=1S/C18H21F2N3O3S/c1-22(2)15-7-5-14(6-8-15)21-18(24)10-11-23(27(3,25)26)17-9-4-13(19)12-16(17)20/h4-9,12H,10-11H2,1-3H3,(H,21,24). The molecular weight excluding hydrogens is 376 g/mol. The highest BCUT2D eigenvalue weighted by Gasteiger charge is 2.22. The number of rotatable bonds is 7. The lowest BCUT2D eigenvalue weighted by Crippen LogP contribution is -2.33. The van der Waals surface area contributed by atoms with Gasteiger partial charge in [0, 0.05) is 44.5 Å². The van der Waals surface area contributed by atoms with Crippen LogP contribution < -0.4 is 14.5 Å². The maximum atomic E-state index is 14.0. The van der Waals surface area contributed by atoms with Crippen LogP contribution in [0.2, 0.25) is 0 Å². The molecule has 27 heavy (non-hydrogen) atoms. The van der Waals surface area contributed by atoms with E-state index in [0.29, 0.717) is 11.8 Å². The molecule has 0 saturated carbocycles. The quantitative estimate of drug-likeness (QED) is 0.780. The van der Waals surface area contributed by atoms with E-state index in [2.05, 4.69) is 5.32 Å². The second-order valence-electron chi connectivity index (χ2n) is 6.17. The minimum Gasteiger partial charge on any atom is -0.378 e. The molecule has 6 nitrogen and oxygen atoms in total. The molecule has 1 amide bonds. The number of sulfonamides is 1. The number of amides is 1. The Bertz CT molecular complexity index is 916. The molecule has 0 heterocycles. The van der Waals surface area contributed by atoms with Gasteiger partial charge in [-0.05, 0) is 36.4 Å². The zero-order chi connectivity index (χ0) is 20.2. The van der Waals surface area contributed by atoms with Crippen LogP contribution in [0.25, 0.3) is 0 Å². The first-order chi connectivity index (χ1) is 12.6. The first kappa shape index (κ1) is 20.6. The van der Waals surface area contributed by atoms with E-state index in [0.717, 1.165) is 28.4 Å². The molecule has 2 rings (SSSR count). The van der Waals surface area contributed by atoms with E-state index in [1.165, 1.54) is 0 Å². The number of nitrogens with zero attached hydrogens (tertiary/aromatic N) is 2. The van der Waals surface area contributed by atoms with Crippen LogP contribution in [0.15, 0.2) is 42.5 Å². The van der Waals surface area contributed by atoms with E-state index >= 15 is 0 Å². The number of hydrogen-bond donors (Lipinski definition) is 1. The van der Waals surface area contributed by atoms with Gasteiger partial charge < -0.3 is 10.2 Å². The molecular formula is C18H21F2N3O3S. The number of halogens is 2. The van der Waals surface area contributed by atoms with Gasteiger partial charge in [0.2, 0.25) is 15.9 Å². The maximum Gasteiger partial charge on any atom is 0.232 e. The van der Waals surface area contributed by atoms with Gasteiger partial charge in [-0.25, -0.2) is 17.2 Å². The molecule has 0 bridgehead atoms. The second-order valence-corrected chi connectivity index (χ2v) is 8.08. The number of hydrogen-bond acceptors (Lipinski definition) is 4. The Hall–Kier alpha value is -2.68. The molecule has 0 aliphatic carbocycles. The molecule has 0 aromatic heterocycles. The molecule has 2 aromatic rings. The van der Waals surface area contributed by atoms with Crippen LogP contribution in [-0.4, -0.2) is 41.2 Å². The number of anilines is 3.